The minimum Gasteiger partial charge on any atom is -0.324 e. The van der Waals surface area contributed by atoms with Crippen LogP contribution >= 0.6 is 11.6 Å². The molecule has 2 aromatic carbocycles. The van der Waals surface area contributed by atoms with Gasteiger partial charge in [0.25, 0.3) is 0 Å². The largest absolute Gasteiger partial charge is 0.324 e. The van der Waals surface area contributed by atoms with Crippen LogP contribution in [0.15, 0.2) is 42.5 Å². The van der Waals surface area contributed by atoms with Crippen LogP contribution in [0.2, 0.25) is 5.02 Å². The fourth-order valence-corrected chi connectivity index (χ4v) is 2.99. The molecule has 0 heterocycles. The molecule has 0 saturated heterocycles. The van der Waals surface area contributed by atoms with Crippen LogP contribution in [-0.4, -0.2) is 18.4 Å². The van der Waals surface area contributed by atoms with Crippen molar-refractivity contribution in [3.05, 3.63) is 58.6 Å². The fraction of sp³-hybridized carbons (Fsp3) is 0.333. The van der Waals surface area contributed by atoms with Crippen LogP contribution in [0.1, 0.15) is 38.8 Å². The van der Waals surface area contributed by atoms with E-state index in [0.717, 1.165) is 16.8 Å². The lowest BCUT2D eigenvalue weighted by Crippen LogP contribution is -2.37. The molecule has 0 unspecified atom stereocenters. The highest BCUT2D eigenvalue weighted by molar-refractivity contribution is 6.31. The summed E-state index contributed by atoms with van der Waals surface area (Å²) in [5.41, 5.74) is 3.22. The summed E-state index contributed by atoms with van der Waals surface area (Å²) in [4.78, 5) is 26.2. The third kappa shape index (κ3) is 4.85. The lowest BCUT2D eigenvalue weighted by atomic mass is 9.86. The average molecular weight is 373 g/mol. The van der Waals surface area contributed by atoms with Gasteiger partial charge in [-0.1, -0.05) is 56.6 Å². The molecule has 2 aromatic rings. The number of para-hydroxylation sites is 1. The Kier molecular flexibility index (Phi) is 6.09. The van der Waals surface area contributed by atoms with Gasteiger partial charge in [0.2, 0.25) is 11.8 Å². The van der Waals surface area contributed by atoms with Crippen molar-refractivity contribution in [1.29, 1.82) is 0 Å². The van der Waals surface area contributed by atoms with Gasteiger partial charge in [0.1, 0.15) is 6.54 Å². The molecule has 0 fully saturated rings. The van der Waals surface area contributed by atoms with E-state index in [1.54, 1.807) is 12.1 Å². The van der Waals surface area contributed by atoms with Gasteiger partial charge in [-0.25, -0.2) is 0 Å². The van der Waals surface area contributed by atoms with Crippen LogP contribution in [0.4, 0.5) is 11.4 Å². The van der Waals surface area contributed by atoms with Gasteiger partial charge in [-0.3, -0.25) is 9.59 Å². The summed E-state index contributed by atoms with van der Waals surface area (Å²) in [6.45, 7) is 9.53. The van der Waals surface area contributed by atoms with Gasteiger partial charge in [0.05, 0.1) is 0 Å². The lowest BCUT2D eigenvalue weighted by Gasteiger charge is -2.25. The highest BCUT2D eigenvalue weighted by Crippen LogP contribution is 2.29. The number of nitrogens with one attached hydrogen (secondary N) is 1. The predicted molar refractivity (Wildman–Crippen MR) is 108 cm³/mol. The molecule has 0 aliphatic rings. The number of amides is 2. The molecular formula is C21H25ClN2O2. The summed E-state index contributed by atoms with van der Waals surface area (Å²) < 4.78 is 0. The third-order valence-electron chi connectivity index (χ3n) is 4.15. The van der Waals surface area contributed by atoms with E-state index < -0.39 is 0 Å². The zero-order valence-electron chi connectivity index (χ0n) is 15.9. The van der Waals surface area contributed by atoms with E-state index in [-0.39, 0.29) is 23.8 Å². The summed E-state index contributed by atoms with van der Waals surface area (Å²) in [6.07, 6.45) is 0. The number of hydrogen-bond donors (Lipinski definition) is 1. The van der Waals surface area contributed by atoms with E-state index in [2.05, 4.69) is 26.1 Å². The number of hydrogen-bond acceptors (Lipinski definition) is 2. The van der Waals surface area contributed by atoms with Crippen molar-refractivity contribution in [3.8, 4) is 0 Å². The van der Waals surface area contributed by atoms with Crippen LogP contribution in [-0.2, 0) is 15.0 Å². The highest BCUT2D eigenvalue weighted by atomic mass is 35.5. The van der Waals surface area contributed by atoms with Gasteiger partial charge in [0.15, 0.2) is 0 Å². The Morgan fingerprint density at radius 3 is 2.38 bits per heavy atom. The molecular weight excluding hydrogens is 348 g/mol. The first-order valence-corrected chi connectivity index (χ1v) is 8.91. The molecule has 2 rings (SSSR count). The lowest BCUT2D eigenvalue weighted by molar-refractivity contribution is -0.120. The molecule has 0 bridgehead atoms. The summed E-state index contributed by atoms with van der Waals surface area (Å²) in [5.74, 6) is -0.467. The second-order valence-electron chi connectivity index (χ2n) is 7.38. The maximum absolute atomic E-state index is 12.6. The number of carbonyl (C=O) groups is 2. The maximum Gasteiger partial charge on any atom is 0.244 e. The molecule has 0 aliphatic carbocycles. The van der Waals surface area contributed by atoms with Gasteiger partial charge in [0, 0.05) is 23.3 Å². The molecule has 0 radical (unpaired) electrons. The molecule has 1 N–H and O–H groups in total. The standard InChI is InChI=1S/C21H25ClN2O2/c1-14-10-11-16(22)12-19(14)24(15(2)25)13-20(26)23-18-9-7-6-8-17(18)21(3,4)5/h6-12H,13H2,1-5H3,(H,23,26). The molecule has 2 amide bonds. The van der Waals surface area contributed by atoms with Crippen molar-refractivity contribution in [2.24, 2.45) is 0 Å². The van der Waals surface area contributed by atoms with Crippen molar-refractivity contribution >= 4 is 34.8 Å². The Labute approximate surface area is 160 Å². The molecule has 0 atom stereocenters. The monoisotopic (exact) mass is 372 g/mol. The Morgan fingerprint density at radius 2 is 1.77 bits per heavy atom. The van der Waals surface area contributed by atoms with E-state index >= 15 is 0 Å². The van der Waals surface area contributed by atoms with Crippen molar-refractivity contribution in [2.45, 2.75) is 40.0 Å². The van der Waals surface area contributed by atoms with Crippen molar-refractivity contribution in [1.82, 2.24) is 0 Å². The second-order valence-corrected chi connectivity index (χ2v) is 7.82. The molecule has 5 heteroatoms. The van der Waals surface area contributed by atoms with E-state index in [9.17, 15) is 9.59 Å². The van der Waals surface area contributed by atoms with Crippen LogP contribution in [0.5, 0.6) is 0 Å². The number of halogens is 1. The van der Waals surface area contributed by atoms with Gasteiger partial charge >= 0.3 is 0 Å². The maximum atomic E-state index is 12.6. The molecule has 0 aromatic heterocycles. The quantitative estimate of drug-likeness (QED) is 0.826. The number of anilines is 2. The first-order valence-electron chi connectivity index (χ1n) is 8.53. The highest BCUT2D eigenvalue weighted by Gasteiger charge is 2.21. The first kappa shape index (κ1) is 20.0. The molecule has 4 nitrogen and oxygen atoms in total. The SMILES string of the molecule is CC(=O)N(CC(=O)Nc1ccccc1C(C)(C)C)c1cc(Cl)ccc1C. The average Bonchev–Trinajstić information content (AvgIpc) is 2.54. The number of rotatable bonds is 4. The molecule has 0 saturated carbocycles. The molecule has 26 heavy (non-hydrogen) atoms. The summed E-state index contributed by atoms with van der Waals surface area (Å²) in [7, 11) is 0. The fourth-order valence-electron chi connectivity index (χ4n) is 2.82. The van der Waals surface area contributed by atoms with Crippen LogP contribution in [0, 0.1) is 6.92 Å². The van der Waals surface area contributed by atoms with Gasteiger partial charge in [-0.15, -0.1) is 0 Å². The number of nitrogens with zero attached hydrogens (tertiary/aromatic N) is 1. The second kappa shape index (κ2) is 7.92. The minimum absolute atomic E-state index is 0.0744. The molecule has 0 aliphatic heterocycles. The molecule has 0 spiro atoms. The topological polar surface area (TPSA) is 49.4 Å². The Hall–Kier alpha value is -2.33. The third-order valence-corrected chi connectivity index (χ3v) is 4.39. The molecule has 138 valence electrons. The Balaban J connectivity index is 2.25. The predicted octanol–water partition coefficient (Wildman–Crippen LogP) is 4.94. The summed E-state index contributed by atoms with van der Waals surface area (Å²) in [5, 5.41) is 3.46. The minimum atomic E-state index is -0.253. The number of carbonyl (C=O) groups excluding carboxylic acids is 2. The van der Waals surface area contributed by atoms with E-state index in [1.807, 2.05) is 37.3 Å². The normalized spacial score (nSPS) is 11.2. The first-order chi connectivity index (χ1) is 12.1. The zero-order valence-corrected chi connectivity index (χ0v) is 16.6. The number of aryl methyl sites for hydroxylation is 1. The number of benzene rings is 2. The Morgan fingerprint density at radius 1 is 1.12 bits per heavy atom. The summed E-state index contributed by atoms with van der Waals surface area (Å²) in [6, 6.07) is 13.0. The van der Waals surface area contributed by atoms with Crippen molar-refractivity contribution in [2.75, 3.05) is 16.8 Å². The van der Waals surface area contributed by atoms with Gasteiger partial charge in [-0.05, 0) is 41.7 Å². The van der Waals surface area contributed by atoms with Crippen molar-refractivity contribution in [3.63, 3.8) is 0 Å². The van der Waals surface area contributed by atoms with E-state index in [1.165, 1.54) is 11.8 Å². The van der Waals surface area contributed by atoms with Gasteiger partial charge < -0.3 is 10.2 Å². The zero-order chi connectivity index (χ0) is 19.5. The van der Waals surface area contributed by atoms with E-state index in [0.29, 0.717) is 10.7 Å². The van der Waals surface area contributed by atoms with Crippen LogP contribution < -0.4 is 10.2 Å². The Bertz CT molecular complexity index is 825. The smallest absolute Gasteiger partial charge is 0.244 e. The van der Waals surface area contributed by atoms with Crippen molar-refractivity contribution < 1.29 is 9.59 Å². The van der Waals surface area contributed by atoms with Gasteiger partial charge in [-0.2, -0.15) is 0 Å². The van der Waals surface area contributed by atoms with Crippen LogP contribution in [0.3, 0.4) is 0 Å². The van der Waals surface area contributed by atoms with Crippen LogP contribution in [0.25, 0.3) is 0 Å². The summed E-state index contributed by atoms with van der Waals surface area (Å²) >= 11 is 6.06. The van der Waals surface area contributed by atoms with E-state index in [4.69, 9.17) is 11.6 Å².